The Morgan fingerprint density at radius 2 is 2.18 bits per heavy atom. The Balaban J connectivity index is 1.73. The van der Waals surface area contributed by atoms with Gasteiger partial charge in [0, 0.05) is 35.8 Å². The van der Waals surface area contributed by atoms with Gasteiger partial charge in [-0.2, -0.15) is 0 Å². The van der Waals surface area contributed by atoms with E-state index in [-0.39, 0.29) is 12.0 Å². The van der Waals surface area contributed by atoms with Crippen LogP contribution in [0.1, 0.15) is 43.5 Å². The van der Waals surface area contributed by atoms with Crippen LogP contribution in [0, 0.1) is 12.3 Å². The van der Waals surface area contributed by atoms with Crippen molar-refractivity contribution in [3.63, 3.8) is 0 Å². The van der Waals surface area contributed by atoms with E-state index >= 15 is 0 Å². The van der Waals surface area contributed by atoms with E-state index in [4.69, 9.17) is 5.11 Å². The summed E-state index contributed by atoms with van der Waals surface area (Å²) in [4.78, 5) is 3.60. The summed E-state index contributed by atoms with van der Waals surface area (Å²) >= 11 is 0. The molecule has 1 aliphatic rings. The highest BCUT2D eigenvalue weighted by Gasteiger charge is 2.24. The first kappa shape index (κ1) is 15.6. The molecule has 1 aliphatic carbocycles. The second-order valence-corrected chi connectivity index (χ2v) is 7.59. The lowest BCUT2D eigenvalue weighted by Crippen LogP contribution is -2.40. The van der Waals surface area contributed by atoms with Gasteiger partial charge in [-0.15, -0.1) is 0 Å². The Labute approximate surface area is 133 Å². The standard InChI is InChI=1S/C19H28N2O/c1-13-4-6-17-15(10-13)16-11-14(5-7-18(16)21-17)20-12-19(2,3)8-9-22/h4,6,10,14,20-22H,5,7-9,11-12H2,1-3H3. The highest BCUT2D eigenvalue weighted by Crippen LogP contribution is 2.30. The molecule has 1 heterocycles. The summed E-state index contributed by atoms with van der Waals surface area (Å²) in [5.41, 5.74) is 5.69. The van der Waals surface area contributed by atoms with Gasteiger partial charge in [-0.3, -0.25) is 0 Å². The molecule has 3 nitrogen and oxygen atoms in total. The average Bonchev–Trinajstić information content (AvgIpc) is 2.82. The van der Waals surface area contributed by atoms with Crippen LogP contribution < -0.4 is 5.32 Å². The fourth-order valence-electron chi connectivity index (χ4n) is 3.52. The Bertz CT molecular complexity index is 657. The largest absolute Gasteiger partial charge is 0.396 e. The van der Waals surface area contributed by atoms with Crippen molar-refractivity contribution in [2.75, 3.05) is 13.2 Å². The summed E-state index contributed by atoms with van der Waals surface area (Å²) in [6.45, 7) is 7.84. The second kappa shape index (κ2) is 6.05. The first-order chi connectivity index (χ1) is 10.5. The number of fused-ring (bicyclic) bond motifs is 3. The molecule has 120 valence electrons. The number of aromatic nitrogens is 1. The van der Waals surface area contributed by atoms with Crippen LogP contribution in [-0.4, -0.2) is 29.3 Å². The van der Waals surface area contributed by atoms with E-state index in [9.17, 15) is 0 Å². The smallest absolute Gasteiger partial charge is 0.0459 e. The molecule has 0 aliphatic heterocycles. The molecule has 3 rings (SSSR count). The van der Waals surface area contributed by atoms with Crippen LogP contribution in [0.25, 0.3) is 10.9 Å². The van der Waals surface area contributed by atoms with Crippen molar-refractivity contribution >= 4 is 10.9 Å². The molecular formula is C19H28N2O. The summed E-state index contributed by atoms with van der Waals surface area (Å²) in [5, 5.41) is 14.3. The van der Waals surface area contributed by atoms with Gasteiger partial charge in [-0.05, 0) is 55.7 Å². The number of hydrogen-bond donors (Lipinski definition) is 3. The summed E-state index contributed by atoms with van der Waals surface area (Å²) < 4.78 is 0. The number of benzene rings is 1. The molecule has 3 heteroatoms. The first-order valence-corrected chi connectivity index (χ1v) is 8.43. The summed E-state index contributed by atoms with van der Waals surface area (Å²) in [5.74, 6) is 0. The van der Waals surface area contributed by atoms with E-state index in [0.29, 0.717) is 6.04 Å². The number of aryl methyl sites for hydroxylation is 2. The van der Waals surface area contributed by atoms with Crippen molar-refractivity contribution in [1.29, 1.82) is 0 Å². The van der Waals surface area contributed by atoms with Crippen molar-refractivity contribution in [2.45, 2.75) is 52.5 Å². The van der Waals surface area contributed by atoms with Gasteiger partial charge >= 0.3 is 0 Å². The van der Waals surface area contributed by atoms with E-state index < -0.39 is 0 Å². The molecule has 0 spiro atoms. The van der Waals surface area contributed by atoms with E-state index in [2.05, 4.69) is 49.3 Å². The normalized spacial score (nSPS) is 18.6. The number of nitrogens with one attached hydrogen (secondary N) is 2. The Hall–Kier alpha value is -1.32. The monoisotopic (exact) mass is 300 g/mol. The fourth-order valence-corrected chi connectivity index (χ4v) is 3.52. The molecule has 1 aromatic heterocycles. The van der Waals surface area contributed by atoms with Gasteiger partial charge < -0.3 is 15.4 Å². The molecule has 2 aromatic rings. The first-order valence-electron chi connectivity index (χ1n) is 8.43. The number of aromatic amines is 1. The summed E-state index contributed by atoms with van der Waals surface area (Å²) in [6, 6.07) is 7.24. The van der Waals surface area contributed by atoms with Crippen LogP contribution in [-0.2, 0) is 12.8 Å². The van der Waals surface area contributed by atoms with Crippen molar-refractivity contribution in [3.8, 4) is 0 Å². The predicted octanol–water partition coefficient (Wildman–Crippen LogP) is 3.33. The minimum absolute atomic E-state index is 0.159. The lowest BCUT2D eigenvalue weighted by atomic mass is 9.87. The average molecular weight is 300 g/mol. The molecular weight excluding hydrogens is 272 g/mol. The van der Waals surface area contributed by atoms with Crippen molar-refractivity contribution < 1.29 is 5.11 Å². The maximum absolute atomic E-state index is 9.15. The quantitative estimate of drug-likeness (QED) is 0.793. The third kappa shape index (κ3) is 3.21. The summed E-state index contributed by atoms with van der Waals surface area (Å²) in [6.07, 6.45) is 4.27. The minimum Gasteiger partial charge on any atom is -0.396 e. The van der Waals surface area contributed by atoms with Crippen LogP contribution in [0.4, 0.5) is 0 Å². The molecule has 22 heavy (non-hydrogen) atoms. The van der Waals surface area contributed by atoms with E-state index in [1.54, 1.807) is 0 Å². The Morgan fingerprint density at radius 3 is 2.95 bits per heavy atom. The molecule has 1 aromatic carbocycles. The number of H-pyrrole nitrogens is 1. The third-order valence-electron chi connectivity index (χ3n) is 5.00. The maximum atomic E-state index is 9.15. The molecule has 1 atom stereocenters. The minimum atomic E-state index is 0.159. The van der Waals surface area contributed by atoms with Gasteiger partial charge in [0.25, 0.3) is 0 Å². The molecule has 3 N–H and O–H groups in total. The van der Waals surface area contributed by atoms with Gasteiger partial charge in [0.2, 0.25) is 0 Å². The highest BCUT2D eigenvalue weighted by atomic mass is 16.3. The number of aliphatic hydroxyl groups excluding tert-OH is 1. The Kier molecular flexibility index (Phi) is 4.28. The summed E-state index contributed by atoms with van der Waals surface area (Å²) in [7, 11) is 0. The van der Waals surface area contributed by atoms with E-state index in [0.717, 1.165) is 25.8 Å². The van der Waals surface area contributed by atoms with Gasteiger partial charge in [0.15, 0.2) is 0 Å². The van der Waals surface area contributed by atoms with E-state index in [1.165, 1.54) is 34.1 Å². The van der Waals surface area contributed by atoms with Crippen molar-refractivity contribution in [3.05, 3.63) is 35.0 Å². The molecule has 0 fully saturated rings. The molecule has 0 saturated carbocycles. The van der Waals surface area contributed by atoms with Crippen molar-refractivity contribution in [2.24, 2.45) is 5.41 Å². The number of hydrogen-bond acceptors (Lipinski definition) is 2. The molecule has 0 bridgehead atoms. The van der Waals surface area contributed by atoms with Crippen LogP contribution in [0.5, 0.6) is 0 Å². The van der Waals surface area contributed by atoms with Crippen LogP contribution in [0.15, 0.2) is 18.2 Å². The number of aliphatic hydroxyl groups is 1. The van der Waals surface area contributed by atoms with Crippen LogP contribution >= 0.6 is 0 Å². The van der Waals surface area contributed by atoms with Gasteiger partial charge in [-0.1, -0.05) is 25.5 Å². The zero-order chi connectivity index (χ0) is 15.7. The van der Waals surface area contributed by atoms with Gasteiger partial charge in [0.05, 0.1) is 0 Å². The fraction of sp³-hybridized carbons (Fsp3) is 0.579. The molecule has 0 radical (unpaired) electrons. The predicted molar refractivity (Wildman–Crippen MR) is 92.3 cm³/mol. The lowest BCUT2D eigenvalue weighted by molar-refractivity contribution is 0.201. The number of rotatable bonds is 5. The molecule has 0 amide bonds. The molecule has 1 unspecified atom stereocenters. The van der Waals surface area contributed by atoms with Gasteiger partial charge in [0.1, 0.15) is 0 Å². The highest BCUT2D eigenvalue weighted by molar-refractivity contribution is 5.85. The van der Waals surface area contributed by atoms with Gasteiger partial charge in [-0.25, -0.2) is 0 Å². The van der Waals surface area contributed by atoms with Crippen LogP contribution in [0.3, 0.4) is 0 Å². The SMILES string of the molecule is Cc1ccc2[nH]c3c(c2c1)CC(NCC(C)(C)CCO)CC3. The Morgan fingerprint density at radius 1 is 1.36 bits per heavy atom. The third-order valence-corrected chi connectivity index (χ3v) is 5.00. The topological polar surface area (TPSA) is 48.0 Å². The molecule has 0 saturated heterocycles. The zero-order valence-electron chi connectivity index (χ0n) is 14.0. The van der Waals surface area contributed by atoms with Crippen molar-refractivity contribution in [1.82, 2.24) is 10.3 Å². The van der Waals surface area contributed by atoms with E-state index in [1.807, 2.05) is 0 Å². The van der Waals surface area contributed by atoms with Crippen LogP contribution in [0.2, 0.25) is 0 Å². The zero-order valence-corrected chi connectivity index (χ0v) is 14.0. The lowest BCUT2D eigenvalue weighted by Gasteiger charge is -2.30. The maximum Gasteiger partial charge on any atom is 0.0459 e. The second-order valence-electron chi connectivity index (χ2n) is 7.59.